The standard InChI is InChI=1S/C40H50N6O9S/c47-35-32-17-11-16-31(42-32)26-12-10-14-29(22-26)54-20-8-4-5-9-21-55-39(51)43-33-15-7-3-1-2-6-13-27-24-40(27,38(50)45-56(52,53)30-18-19-30)44-36(48)34-23-28(41-35)25-46(34)37(33)49/h6,10-14,16-17,22,27-28,30,33-34H,1-5,7-9,15,18-21,23-25H2,(H,41,47)(H,43,51)(H,44,48)(H,45,50)/b13-6-/t27-,28-,33+,34+,40-/m1/s1. The highest BCUT2D eigenvalue weighted by Crippen LogP contribution is 2.46. The Balaban J connectivity index is 1.18. The molecule has 1 aromatic carbocycles. The molecule has 3 aliphatic heterocycles. The third-order valence-electron chi connectivity index (χ3n) is 11.2. The molecule has 5 atom stereocenters. The number of nitrogens with one attached hydrogen (secondary N) is 4. The van der Waals surface area contributed by atoms with Gasteiger partial charge in [-0.25, -0.2) is 18.2 Å². The number of carbonyl (C=O) groups is 5. The van der Waals surface area contributed by atoms with Crippen molar-refractivity contribution in [3.63, 3.8) is 0 Å². The molecule has 0 spiro atoms. The number of nitrogens with zero attached hydrogens (tertiary/aromatic N) is 2. The van der Waals surface area contributed by atoms with Crippen molar-refractivity contribution in [1.29, 1.82) is 0 Å². The number of sulfonamides is 1. The first kappa shape index (κ1) is 39.3. The monoisotopic (exact) mass is 790 g/mol. The van der Waals surface area contributed by atoms with Crippen LogP contribution < -0.4 is 25.4 Å². The van der Waals surface area contributed by atoms with Crippen LogP contribution in [0.3, 0.4) is 0 Å². The second-order valence-corrected chi connectivity index (χ2v) is 17.4. The van der Waals surface area contributed by atoms with Crippen LogP contribution in [0.4, 0.5) is 4.79 Å². The molecular formula is C40H50N6O9S. The van der Waals surface area contributed by atoms with Gasteiger partial charge in [-0.2, -0.15) is 0 Å². The Morgan fingerprint density at radius 3 is 2.43 bits per heavy atom. The Bertz CT molecular complexity index is 1970. The predicted octanol–water partition coefficient (Wildman–Crippen LogP) is 3.50. The van der Waals surface area contributed by atoms with Gasteiger partial charge < -0.3 is 30.3 Å². The van der Waals surface area contributed by atoms with E-state index in [9.17, 15) is 32.4 Å². The molecule has 7 bridgehead atoms. The molecule has 5 aliphatic rings. The van der Waals surface area contributed by atoms with Crippen LogP contribution >= 0.6 is 0 Å². The maximum Gasteiger partial charge on any atom is 0.407 e. The van der Waals surface area contributed by atoms with E-state index in [1.807, 2.05) is 36.4 Å². The van der Waals surface area contributed by atoms with E-state index in [4.69, 9.17) is 9.47 Å². The normalized spacial score (nSPS) is 28.8. The van der Waals surface area contributed by atoms with Crippen molar-refractivity contribution in [2.24, 2.45) is 5.92 Å². The average Bonchev–Trinajstić information content (AvgIpc) is 4.11. The third-order valence-corrected chi connectivity index (χ3v) is 13.0. The lowest BCUT2D eigenvalue weighted by atomic mass is 10.0. The zero-order chi connectivity index (χ0) is 39.3. The Hall–Kier alpha value is -4.99. The van der Waals surface area contributed by atoms with Gasteiger partial charge in [-0.1, -0.05) is 43.2 Å². The number of rotatable bonds is 3. The fourth-order valence-corrected chi connectivity index (χ4v) is 9.09. The summed E-state index contributed by atoms with van der Waals surface area (Å²) < 4.78 is 39.3. The summed E-state index contributed by atoms with van der Waals surface area (Å²) in [5.41, 5.74) is -0.0645. The highest BCUT2D eigenvalue weighted by molar-refractivity contribution is 7.91. The second kappa shape index (κ2) is 17.0. The molecule has 7 rings (SSSR count). The molecule has 300 valence electrons. The summed E-state index contributed by atoms with van der Waals surface area (Å²) in [6.45, 7) is 0.611. The lowest BCUT2D eigenvalue weighted by molar-refractivity contribution is -0.141. The van der Waals surface area contributed by atoms with Crippen LogP contribution in [0.2, 0.25) is 0 Å². The van der Waals surface area contributed by atoms with Gasteiger partial charge in [0.25, 0.3) is 11.8 Å². The molecule has 1 aromatic heterocycles. The summed E-state index contributed by atoms with van der Waals surface area (Å²) in [5.74, 6) is -2.28. The number of hydrogen-bond acceptors (Lipinski definition) is 10. The SMILES string of the molecule is O=C1N[C@H]2CCCCC/C=C\[C@@H]3C[C@@]3(C(=O)NS(=O)(=O)C3CC3)NC(=O)[C@@H]3C[C@H](CN3C2=O)NC(=O)c2cccc(n2)-c2cccc(c2)OCCCCCCO1. The summed E-state index contributed by atoms with van der Waals surface area (Å²) in [7, 11) is -3.91. The Morgan fingerprint density at radius 2 is 1.62 bits per heavy atom. The van der Waals surface area contributed by atoms with E-state index in [0.717, 1.165) is 37.7 Å². The van der Waals surface area contributed by atoms with Crippen molar-refractivity contribution in [3.05, 3.63) is 60.3 Å². The highest BCUT2D eigenvalue weighted by atomic mass is 32.2. The summed E-state index contributed by atoms with van der Waals surface area (Å²) in [5, 5.41) is 7.89. The van der Waals surface area contributed by atoms with Crippen LogP contribution in [0.15, 0.2) is 54.6 Å². The molecule has 1 saturated heterocycles. The van der Waals surface area contributed by atoms with E-state index in [1.165, 1.54) is 4.90 Å². The lowest BCUT2D eigenvalue weighted by Crippen LogP contribution is -2.58. The maximum atomic E-state index is 14.4. The van der Waals surface area contributed by atoms with E-state index in [0.29, 0.717) is 56.6 Å². The smallest absolute Gasteiger partial charge is 0.407 e. The highest BCUT2D eigenvalue weighted by Gasteiger charge is 2.62. The molecule has 2 aromatic rings. The zero-order valence-corrected chi connectivity index (χ0v) is 32.2. The number of cyclic esters (lactones) is 1. The summed E-state index contributed by atoms with van der Waals surface area (Å²) in [4.78, 5) is 75.2. The minimum Gasteiger partial charge on any atom is -0.494 e. The van der Waals surface area contributed by atoms with Gasteiger partial charge in [0, 0.05) is 24.1 Å². The van der Waals surface area contributed by atoms with Crippen molar-refractivity contribution in [1.82, 2.24) is 30.6 Å². The zero-order valence-electron chi connectivity index (χ0n) is 31.4. The number of benzene rings is 1. The number of ether oxygens (including phenoxy) is 2. The van der Waals surface area contributed by atoms with E-state index in [-0.39, 0.29) is 31.7 Å². The van der Waals surface area contributed by atoms with Gasteiger partial charge >= 0.3 is 6.09 Å². The fourth-order valence-electron chi connectivity index (χ4n) is 7.73. The second-order valence-electron chi connectivity index (χ2n) is 15.5. The predicted molar refractivity (Wildman–Crippen MR) is 205 cm³/mol. The number of allylic oxidation sites excluding steroid dienone is 1. The first-order valence-electron chi connectivity index (χ1n) is 19.8. The van der Waals surface area contributed by atoms with Crippen molar-refractivity contribution in [2.75, 3.05) is 19.8 Å². The Kier molecular flexibility index (Phi) is 11.9. The molecule has 56 heavy (non-hydrogen) atoms. The minimum absolute atomic E-state index is 0.00185. The molecule has 2 aliphatic carbocycles. The molecule has 16 heteroatoms. The number of pyridine rings is 1. The number of carbonyl (C=O) groups excluding carboxylic acids is 5. The summed E-state index contributed by atoms with van der Waals surface area (Å²) in [6.07, 6.45) is 10.4. The van der Waals surface area contributed by atoms with Gasteiger partial charge in [0.1, 0.15) is 29.1 Å². The topological polar surface area (TPSA) is 202 Å². The molecule has 0 unspecified atom stereocenters. The van der Waals surface area contributed by atoms with Crippen LogP contribution in [-0.4, -0.2) is 96.7 Å². The molecule has 2 saturated carbocycles. The van der Waals surface area contributed by atoms with E-state index in [2.05, 4.69) is 25.7 Å². The molecule has 4 N–H and O–H groups in total. The number of fused-ring (bicyclic) bond motifs is 8. The number of amides is 5. The molecule has 5 amide bonds. The van der Waals surface area contributed by atoms with Crippen LogP contribution in [0, 0.1) is 5.92 Å². The fraction of sp³-hybridized carbons (Fsp3) is 0.550. The van der Waals surface area contributed by atoms with Crippen LogP contribution in [0.5, 0.6) is 5.75 Å². The van der Waals surface area contributed by atoms with Crippen molar-refractivity contribution in [2.45, 2.75) is 112 Å². The first-order chi connectivity index (χ1) is 27.0. The molecule has 4 heterocycles. The minimum atomic E-state index is -3.91. The third kappa shape index (κ3) is 9.33. The van der Waals surface area contributed by atoms with Crippen LogP contribution in [0.1, 0.15) is 94.0 Å². The average molecular weight is 791 g/mol. The van der Waals surface area contributed by atoms with E-state index in [1.54, 1.807) is 18.2 Å². The maximum absolute atomic E-state index is 14.4. The van der Waals surface area contributed by atoms with E-state index < -0.39 is 74.6 Å². The van der Waals surface area contributed by atoms with Crippen molar-refractivity contribution in [3.8, 4) is 17.0 Å². The summed E-state index contributed by atoms with van der Waals surface area (Å²) in [6, 6.07) is 9.70. The van der Waals surface area contributed by atoms with E-state index >= 15 is 0 Å². The van der Waals surface area contributed by atoms with Gasteiger partial charge in [0.15, 0.2) is 0 Å². The van der Waals surface area contributed by atoms with Crippen LogP contribution in [-0.2, 0) is 29.1 Å². The van der Waals surface area contributed by atoms with Crippen LogP contribution in [0.25, 0.3) is 11.3 Å². The van der Waals surface area contributed by atoms with Gasteiger partial charge in [-0.3, -0.25) is 23.9 Å². The number of aromatic nitrogens is 1. The quantitative estimate of drug-likeness (QED) is 0.334. The van der Waals surface area contributed by atoms with Crippen molar-refractivity contribution < 1.29 is 41.9 Å². The Morgan fingerprint density at radius 1 is 0.875 bits per heavy atom. The Labute approximate surface area is 326 Å². The molecular weight excluding hydrogens is 741 g/mol. The van der Waals surface area contributed by atoms with Gasteiger partial charge in [-0.15, -0.1) is 0 Å². The van der Waals surface area contributed by atoms with Gasteiger partial charge in [-0.05, 0) is 94.9 Å². The lowest BCUT2D eigenvalue weighted by Gasteiger charge is -2.30. The molecule has 15 nitrogen and oxygen atoms in total. The van der Waals surface area contributed by atoms with Gasteiger partial charge in [0.05, 0.1) is 24.2 Å². The van der Waals surface area contributed by atoms with Crippen molar-refractivity contribution >= 4 is 39.7 Å². The number of hydrogen-bond donors (Lipinski definition) is 4. The molecule has 0 radical (unpaired) electrons. The van der Waals surface area contributed by atoms with Gasteiger partial charge in [0.2, 0.25) is 21.8 Å². The first-order valence-corrected chi connectivity index (χ1v) is 21.4. The number of alkyl carbamates (subject to hydrolysis) is 1. The molecule has 3 fully saturated rings. The largest absolute Gasteiger partial charge is 0.494 e. The summed E-state index contributed by atoms with van der Waals surface area (Å²) >= 11 is 0.